The monoisotopic (exact) mass is 393 g/mol. The number of hydrogen-bond donors (Lipinski definition) is 1. The zero-order valence-corrected chi connectivity index (χ0v) is 15.3. The van der Waals surface area contributed by atoms with Gasteiger partial charge in [0.25, 0.3) is 0 Å². The normalized spacial score (nSPS) is 14.7. The van der Waals surface area contributed by atoms with Crippen molar-refractivity contribution in [3.05, 3.63) is 52.0 Å². The Balaban J connectivity index is 1.87. The summed E-state index contributed by atoms with van der Waals surface area (Å²) >= 11 is 13.4. The zero-order valence-electron chi connectivity index (χ0n) is 13.0. The molecule has 0 unspecified atom stereocenters. The number of nitrogens with zero attached hydrogens (tertiary/aromatic N) is 2. The first-order valence-electron chi connectivity index (χ1n) is 7.41. The van der Waals surface area contributed by atoms with Crippen LogP contribution >= 0.6 is 35.1 Å². The van der Waals surface area contributed by atoms with Crippen molar-refractivity contribution in [1.82, 2.24) is 9.62 Å². The maximum absolute atomic E-state index is 11.6. The lowest BCUT2D eigenvalue weighted by molar-refractivity contribution is -0.122. The molecule has 5 nitrogen and oxygen atoms in total. The van der Waals surface area contributed by atoms with Gasteiger partial charge < -0.3 is 10.1 Å². The minimum absolute atomic E-state index is 0.0284. The van der Waals surface area contributed by atoms with Crippen LogP contribution in [0, 0.1) is 11.3 Å². The van der Waals surface area contributed by atoms with E-state index in [4.69, 9.17) is 33.2 Å². The standard InChI is InChI=1S/C17H13Cl2N3O2S/c18-12-6-13(19)8-14(7-12)24-15-2-1-11(9-20)5-16(15)25-22-4-3-21-17(23)10-22/h1-2,5-8H,3-4,10H2,(H,21,23). The molecule has 25 heavy (non-hydrogen) atoms. The fraction of sp³-hybridized carbons (Fsp3) is 0.176. The van der Waals surface area contributed by atoms with Gasteiger partial charge >= 0.3 is 0 Å². The number of rotatable bonds is 4. The second-order valence-electron chi connectivity index (χ2n) is 5.29. The Labute approximate surface area is 159 Å². The molecule has 1 aliphatic heterocycles. The van der Waals surface area contributed by atoms with Gasteiger partial charge in [0.1, 0.15) is 11.5 Å². The zero-order chi connectivity index (χ0) is 17.8. The molecule has 128 valence electrons. The minimum Gasteiger partial charge on any atom is -0.456 e. The van der Waals surface area contributed by atoms with Gasteiger partial charge in [0, 0.05) is 23.1 Å². The van der Waals surface area contributed by atoms with E-state index in [1.54, 1.807) is 36.4 Å². The van der Waals surface area contributed by atoms with Crippen LogP contribution in [0.1, 0.15) is 5.56 Å². The van der Waals surface area contributed by atoms with Gasteiger partial charge in [0.15, 0.2) is 0 Å². The minimum atomic E-state index is -0.0284. The van der Waals surface area contributed by atoms with Gasteiger partial charge in [-0.3, -0.25) is 4.79 Å². The predicted molar refractivity (Wildman–Crippen MR) is 98.1 cm³/mol. The van der Waals surface area contributed by atoms with E-state index < -0.39 is 0 Å². The van der Waals surface area contributed by atoms with Crippen LogP contribution in [0.25, 0.3) is 0 Å². The number of halogens is 2. The quantitative estimate of drug-likeness (QED) is 0.792. The number of nitrogens with one attached hydrogen (secondary N) is 1. The van der Waals surface area contributed by atoms with Crippen molar-refractivity contribution >= 4 is 41.1 Å². The Morgan fingerprint density at radius 3 is 2.64 bits per heavy atom. The highest BCUT2D eigenvalue weighted by molar-refractivity contribution is 7.97. The topological polar surface area (TPSA) is 65.4 Å². The molecule has 1 fully saturated rings. The molecule has 8 heteroatoms. The van der Waals surface area contributed by atoms with E-state index in [0.717, 1.165) is 4.90 Å². The van der Waals surface area contributed by atoms with Crippen LogP contribution in [0.15, 0.2) is 41.3 Å². The Hall–Kier alpha value is -1.91. The highest BCUT2D eigenvalue weighted by Crippen LogP contribution is 2.37. The first-order chi connectivity index (χ1) is 12.0. The van der Waals surface area contributed by atoms with Crippen LogP contribution in [-0.2, 0) is 4.79 Å². The molecule has 0 atom stereocenters. The van der Waals surface area contributed by atoms with Gasteiger partial charge in [0.05, 0.1) is 23.1 Å². The summed E-state index contributed by atoms with van der Waals surface area (Å²) < 4.78 is 7.84. The van der Waals surface area contributed by atoms with Crippen LogP contribution < -0.4 is 10.1 Å². The second-order valence-corrected chi connectivity index (χ2v) is 7.30. The largest absolute Gasteiger partial charge is 0.456 e. The fourth-order valence-corrected chi connectivity index (χ4v) is 3.81. The molecule has 0 aromatic heterocycles. The number of ether oxygens (including phenoxy) is 1. The average molecular weight is 394 g/mol. The maximum atomic E-state index is 11.6. The van der Waals surface area contributed by atoms with Crippen LogP contribution in [0.4, 0.5) is 0 Å². The maximum Gasteiger partial charge on any atom is 0.235 e. The Kier molecular flexibility index (Phi) is 5.71. The average Bonchev–Trinajstić information content (AvgIpc) is 2.55. The molecular formula is C17H13Cl2N3O2S. The summed E-state index contributed by atoms with van der Waals surface area (Å²) in [5, 5.41) is 12.9. The first kappa shape index (κ1) is 17.9. The van der Waals surface area contributed by atoms with E-state index >= 15 is 0 Å². The number of benzene rings is 2. The summed E-state index contributed by atoms with van der Waals surface area (Å²) in [6.45, 7) is 1.57. The number of carbonyl (C=O) groups is 1. The lowest BCUT2D eigenvalue weighted by Gasteiger charge is -2.25. The predicted octanol–water partition coefficient (Wildman–Crippen LogP) is 4.10. The third kappa shape index (κ3) is 4.80. The molecule has 3 rings (SSSR count). The molecule has 0 saturated carbocycles. The number of carbonyl (C=O) groups excluding carboxylic acids is 1. The van der Waals surface area contributed by atoms with Crippen molar-refractivity contribution in [3.63, 3.8) is 0 Å². The highest BCUT2D eigenvalue weighted by Gasteiger charge is 2.19. The highest BCUT2D eigenvalue weighted by atomic mass is 35.5. The van der Waals surface area contributed by atoms with E-state index in [9.17, 15) is 4.79 Å². The van der Waals surface area contributed by atoms with Crippen LogP contribution in [-0.4, -0.2) is 29.8 Å². The summed E-state index contributed by atoms with van der Waals surface area (Å²) in [4.78, 5) is 12.3. The van der Waals surface area contributed by atoms with Gasteiger partial charge in [-0.05, 0) is 48.3 Å². The molecule has 1 saturated heterocycles. The van der Waals surface area contributed by atoms with Crippen molar-refractivity contribution in [3.8, 4) is 17.6 Å². The van der Waals surface area contributed by atoms with Crippen LogP contribution in [0.2, 0.25) is 10.0 Å². The van der Waals surface area contributed by atoms with Gasteiger partial charge in [-0.1, -0.05) is 23.2 Å². The lowest BCUT2D eigenvalue weighted by atomic mass is 10.2. The van der Waals surface area contributed by atoms with Crippen molar-refractivity contribution in [1.29, 1.82) is 5.26 Å². The summed E-state index contributed by atoms with van der Waals surface area (Å²) in [5.74, 6) is 1.04. The van der Waals surface area contributed by atoms with E-state index in [-0.39, 0.29) is 12.5 Å². The molecular weight excluding hydrogens is 381 g/mol. The summed E-state index contributed by atoms with van der Waals surface area (Å²) in [6, 6.07) is 12.2. The van der Waals surface area contributed by atoms with E-state index in [2.05, 4.69) is 11.4 Å². The number of nitriles is 1. The number of hydrogen-bond acceptors (Lipinski definition) is 5. The van der Waals surface area contributed by atoms with Crippen molar-refractivity contribution in [2.24, 2.45) is 0 Å². The molecule has 0 aliphatic carbocycles. The van der Waals surface area contributed by atoms with Crippen molar-refractivity contribution in [2.75, 3.05) is 19.6 Å². The molecule has 0 spiro atoms. The molecule has 1 N–H and O–H groups in total. The molecule has 1 amide bonds. The number of piperazine rings is 1. The van der Waals surface area contributed by atoms with Crippen molar-refractivity contribution < 1.29 is 9.53 Å². The smallest absolute Gasteiger partial charge is 0.235 e. The number of amides is 1. The molecule has 2 aromatic carbocycles. The molecule has 0 radical (unpaired) electrons. The van der Waals surface area contributed by atoms with Crippen LogP contribution in [0.5, 0.6) is 11.5 Å². The Bertz CT molecular complexity index is 834. The first-order valence-corrected chi connectivity index (χ1v) is 8.94. The molecule has 2 aromatic rings. The molecule has 1 heterocycles. The third-order valence-corrected chi connectivity index (χ3v) is 4.89. The van der Waals surface area contributed by atoms with Crippen molar-refractivity contribution in [2.45, 2.75) is 4.90 Å². The van der Waals surface area contributed by atoms with Gasteiger partial charge in [-0.15, -0.1) is 0 Å². The van der Waals surface area contributed by atoms with Crippen LogP contribution in [0.3, 0.4) is 0 Å². The van der Waals surface area contributed by atoms with E-state index in [1.807, 2.05) is 4.31 Å². The Morgan fingerprint density at radius 2 is 1.96 bits per heavy atom. The summed E-state index contributed by atoms with van der Waals surface area (Å²) in [7, 11) is 0. The fourth-order valence-electron chi connectivity index (χ4n) is 2.28. The Morgan fingerprint density at radius 1 is 1.20 bits per heavy atom. The second kappa shape index (κ2) is 7.98. The van der Waals surface area contributed by atoms with E-state index in [1.165, 1.54) is 11.9 Å². The van der Waals surface area contributed by atoms with Gasteiger partial charge in [-0.25, -0.2) is 4.31 Å². The van der Waals surface area contributed by atoms with Gasteiger partial charge in [-0.2, -0.15) is 5.26 Å². The lowest BCUT2D eigenvalue weighted by Crippen LogP contribution is -2.44. The third-order valence-electron chi connectivity index (χ3n) is 3.37. The summed E-state index contributed by atoms with van der Waals surface area (Å²) in [6.07, 6.45) is 0. The van der Waals surface area contributed by atoms with E-state index in [0.29, 0.717) is 40.2 Å². The molecule has 0 bridgehead atoms. The SMILES string of the molecule is N#Cc1ccc(Oc2cc(Cl)cc(Cl)c2)c(SN2CCNC(=O)C2)c1. The van der Waals surface area contributed by atoms with Gasteiger partial charge in [0.2, 0.25) is 5.91 Å². The molecule has 1 aliphatic rings. The summed E-state index contributed by atoms with van der Waals surface area (Å²) in [5.41, 5.74) is 0.514.